The highest BCUT2D eigenvalue weighted by molar-refractivity contribution is 6.15. The average molecular weight is 653 g/mol. The maximum Gasteiger partial charge on any atom is 0.0731 e. The molecule has 51 heavy (non-hydrogen) atoms. The smallest absolute Gasteiger partial charge is 0.0731 e. The first-order valence-corrected chi connectivity index (χ1v) is 17.3. The van der Waals surface area contributed by atoms with Crippen LogP contribution in [0.5, 0.6) is 0 Å². The molecule has 3 heterocycles. The topological polar surface area (TPSA) is 26.0 Å². The lowest BCUT2D eigenvalue weighted by atomic mass is 10.0. The summed E-state index contributed by atoms with van der Waals surface area (Å²) >= 11 is 0. The fraction of sp³-hybridized carbons (Fsp3) is 0. The first-order valence-electron chi connectivity index (χ1n) is 17.3. The molecule has 0 fully saturated rings. The van der Waals surface area contributed by atoms with Crippen LogP contribution in [0, 0.1) is 0 Å². The molecule has 240 valence electrons. The first kappa shape index (κ1) is 29.0. The number of fused-ring (bicyclic) bond motifs is 6. The predicted octanol–water partition coefficient (Wildman–Crippen LogP) is 12.4. The summed E-state index contributed by atoms with van der Waals surface area (Å²) in [6, 6.07) is 66.8. The molecular weight excluding hydrogens is 621 g/mol. The van der Waals surface area contributed by atoms with Gasteiger partial charge in [0.2, 0.25) is 0 Å². The van der Waals surface area contributed by atoms with E-state index in [0.29, 0.717) is 0 Å². The molecule has 7 aromatic carbocycles. The summed E-state index contributed by atoms with van der Waals surface area (Å²) < 4.78 is 4.73. The van der Waals surface area contributed by atoms with Crippen molar-refractivity contribution >= 4 is 60.7 Å². The maximum absolute atomic E-state index is 5.20. The van der Waals surface area contributed by atoms with Crippen molar-refractivity contribution in [3.8, 4) is 22.6 Å². The van der Waals surface area contributed by atoms with E-state index in [1.807, 2.05) is 6.20 Å². The van der Waals surface area contributed by atoms with Crippen LogP contribution in [0.2, 0.25) is 0 Å². The number of benzene rings is 7. The van der Waals surface area contributed by atoms with E-state index in [-0.39, 0.29) is 0 Å². The molecule has 10 rings (SSSR count). The van der Waals surface area contributed by atoms with E-state index < -0.39 is 0 Å². The molecule has 4 heteroatoms. The van der Waals surface area contributed by atoms with Gasteiger partial charge in [-0.1, -0.05) is 115 Å². The van der Waals surface area contributed by atoms with Crippen LogP contribution >= 0.6 is 0 Å². The molecule has 0 aliphatic heterocycles. The van der Waals surface area contributed by atoms with E-state index in [1.165, 1.54) is 27.1 Å². The zero-order chi connectivity index (χ0) is 33.7. The van der Waals surface area contributed by atoms with Crippen molar-refractivity contribution in [2.24, 2.45) is 0 Å². The fourth-order valence-electron chi connectivity index (χ4n) is 7.74. The molecule has 10 aromatic rings. The molecule has 0 spiro atoms. The monoisotopic (exact) mass is 652 g/mol. The molecule has 0 unspecified atom stereocenters. The highest BCUT2D eigenvalue weighted by Crippen LogP contribution is 2.41. The molecule has 0 N–H and O–H groups in total. The minimum atomic E-state index is 0.944. The Morgan fingerprint density at radius 1 is 0.373 bits per heavy atom. The van der Waals surface area contributed by atoms with Gasteiger partial charge in [-0.05, 0) is 72.8 Å². The molecule has 0 amide bonds. The van der Waals surface area contributed by atoms with Crippen LogP contribution in [0.3, 0.4) is 0 Å². The highest BCUT2D eigenvalue weighted by Gasteiger charge is 2.20. The Hall–Kier alpha value is -6.91. The summed E-state index contributed by atoms with van der Waals surface area (Å²) in [6.07, 6.45) is 2.04. The summed E-state index contributed by atoms with van der Waals surface area (Å²) in [5, 5.41) is 4.80. The van der Waals surface area contributed by atoms with Gasteiger partial charge in [-0.25, -0.2) is 0 Å². The fourth-order valence-corrected chi connectivity index (χ4v) is 7.74. The summed E-state index contributed by atoms with van der Waals surface area (Å²) in [7, 11) is 0. The van der Waals surface area contributed by atoms with Gasteiger partial charge >= 0.3 is 0 Å². The lowest BCUT2D eigenvalue weighted by Crippen LogP contribution is -2.10. The second kappa shape index (κ2) is 11.9. The van der Waals surface area contributed by atoms with Gasteiger partial charge in [-0.3, -0.25) is 4.98 Å². The standard InChI is InChI=1S/C47H32N4/c1-4-16-33(17-5-1)49(34-18-6-2-7-19-34)36-22-14-23-37(30-36)51-45-29-13-10-24-38(45)40-26-15-27-41(47(40)51)43-31-42-39-25-11-12-28-44(39)50(46(42)32-48-43)35-20-8-3-9-21-35/h1-32H. The van der Waals surface area contributed by atoms with Crippen molar-refractivity contribution < 1.29 is 0 Å². The van der Waals surface area contributed by atoms with E-state index in [0.717, 1.165) is 56.2 Å². The lowest BCUT2D eigenvalue weighted by Gasteiger charge is -2.26. The zero-order valence-electron chi connectivity index (χ0n) is 27.8. The molecular formula is C47H32N4. The number of aromatic nitrogens is 3. The van der Waals surface area contributed by atoms with Gasteiger partial charge in [-0.2, -0.15) is 0 Å². The Kier molecular flexibility index (Phi) is 6.78. The number of nitrogens with zero attached hydrogens (tertiary/aromatic N) is 4. The zero-order valence-corrected chi connectivity index (χ0v) is 27.8. The van der Waals surface area contributed by atoms with Crippen LogP contribution in [-0.2, 0) is 0 Å². The van der Waals surface area contributed by atoms with Crippen LogP contribution in [0.4, 0.5) is 17.1 Å². The number of hydrogen-bond acceptors (Lipinski definition) is 2. The second-order valence-electron chi connectivity index (χ2n) is 12.9. The Morgan fingerprint density at radius 3 is 1.61 bits per heavy atom. The van der Waals surface area contributed by atoms with Crippen LogP contribution in [0.1, 0.15) is 0 Å². The average Bonchev–Trinajstić information content (AvgIpc) is 3.72. The Morgan fingerprint density at radius 2 is 0.902 bits per heavy atom. The minimum Gasteiger partial charge on any atom is -0.310 e. The quantitative estimate of drug-likeness (QED) is 0.179. The predicted molar refractivity (Wildman–Crippen MR) is 213 cm³/mol. The first-order chi connectivity index (χ1) is 25.3. The molecule has 0 saturated heterocycles. The van der Waals surface area contributed by atoms with Crippen LogP contribution in [0.15, 0.2) is 194 Å². The van der Waals surface area contributed by atoms with Gasteiger partial charge in [0, 0.05) is 55.5 Å². The Balaban J connectivity index is 1.21. The molecule has 0 saturated carbocycles. The van der Waals surface area contributed by atoms with Gasteiger partial charge in [-0.15, -0.1) is 0 Å². The van der Waals surface area contributed by atoms with Gasteiger partial charge in [0.1, 0.15) is 0 Å². The highest BCUT2D eigenvalue weighted by atomic mass is 15.1. The van der Waals surface area contributed by atoms with E-state index in [2.05, 4.69) is 202 Å². The summed E-state index contributed by atoms with van der Waals surface area (Å²) in [5.41, 5.74) is 12.1. The SMILES string of the molecule is c1ccc(N(c2ccccc2)c2cccc(-n3c4ccccc4c4cccc(-c5cc6c7ccccc7n(-c7ccccc7)c6cn5)c43)c2)cc1. The van der Waals surface area contributed by atoms with E-state index >= 15 is 0 Å². The molecule has 0 atom stereocenters. The third-order valence-electron chi connectivity index (χ3n) is 9.92. The van der Waals surface area contributed by atoms with Crippen molar-refractivity contribution in [1.82, 2.24) is 14.1 Å². The lowest BCUT2D eigenvalue weighted by molar-refractivity contribution is 1.16. The number of rotatable bonds is 6. The normalized spacial score (nSPS) is 11.5. The molecule has 0 aliphatic carbocycles. The number of hydrogen-bond donors (Lipinski definition) is 0. The summed E-state index contributed by atoms with van der Waals surface area (Å²) in [4.78, 5) is 7.51. The third-order valence-corrected chi connectivity index (χ3v) is 9.92. The van der Waals surface area contributed by atoms with Crippen molar-refractivity contribution in [2.45, 2.75) is 0 Å². The van der Waals surface area contributed by atoms with E-state index in [9.17, 15) is 0 Å². The molecule has 4 nitrogen and oxygen atoms in total. The van der Waals surface area contributed by atoms with Crippen molar-refractivity contribution in [1.29, 1.82) is 0 Å². The van der Waals surface area contributed by atoms with Crippen molar-refractivity contribution in [3.05, 3.63) is 194 Å². The minimum absolute atomic E-state index is 0.944. The number of anilines is 3. The maximum atomic E-state index is 5.20. The summed E-state index contributed by atoms with van der Waals surface area (Å²) in [5.74, 6) is 0. The van der Waals surface area contributed by atoms with Crippen molar-refractivity contribution in [3.63, 3.8) is 0 Å². The van der Waals surface area contributed by atoms with Crippen LogP contribution in [-0.4, -0.2) is 14.1 Å². The largest absolute Gasteiger partial charge is 0.310 e. The summed E-state index contributed by atoms with van der Waals surface area (Å²) in [6.45, 7) is 0. The molecule has 3 aromatic heterocycles. The van der Waals surface area contributed by atoms with Crippen LogP contribution in [0.25, 0.3) is 66.2 Å². The van der Waals surface area contributed by atoms with Gasteiger partial charge < -0.3 is 14.0 Å². The van der Waals surface area contributed by atoms with Crippen LogP contribution < -0.4 is 4.90 Å². The third kappa shape index (κ3) is 4.72. The molecule has 0 radical (unpaired) electrons. The molecule has 0 bridgehead atoms. The number of pyridine rings is 1. The Labute approximate surface area is 295 Å². The van der Waals surface area contributed by atoms with Gasteiger partial charge in [0.15, 0.2) is 0 Å². The number of para-hydroxylation sites is 6. The molecule has 0 aliphatic rings. The van der Waals surface area contributed by atoms with Crippen molar-refractivity contribution in [2.75, 3.05) is 4.90 Å². The van der Waals surface area contributed by atoms with E-state index in [1.54, 1.807) is 0 Å². The van der Waals surface area contributed by atoms with E-state index in [4.69, 9.17) is 4.98 Å². The van der Waals surface area contributed by atoms with Gasteiger partial charge in [0.05, 0.1) is 34.0 Å². The second-order valence-corrected chi connectivity index (χ2v) is 12.9. The van der Waals surface area contributed by atoms with Gasteiger partial charge in [0.25, 0.3) is 0 Å². The Bertz CT molecular complexity index is 2810.